The summed E-state index contributed by atoms with van der Waals surface area (Å²) in [5, 5.41) is 1.94. The van der Waals surface area contributed by atoms with Crippen molar-refractivity contribution >= 4 is 51.6 Å². The summed E-state index contributed by atoms with van der Waals surface area (Å²) in [5.74, 6) is 1.14. The van der Waals surface area contributed by atoms with Crippen molar-refractivity contribution in [2.24, 2.45) is 0 Å². The van der Waals surface area contributed by atoms with Crippen LogP contribution in [-0.4, -0.2) is 35.9 Å². The molecular weight excluding hydrogens is 353 g/mol. The van der Waals surface area contributed by atoms with Gasteiger partial charge in [0, 0.05) is 24.2 Å². The van der Waals surface area contributed by atoms with E-state index in [9.17, 15) is 4.79 Å². The fourth-order valence-corrected chi connectivity index (χ4v) is 3.65. The highest BCUT2D eigenvalue weighted by molar-refractivity contribution is 14.1. The molecule has 1 rings (SSSR count). The molecule has 0 saturated carbocycles. The van der Waals surface area contributed by atoms with Gasteiger partial charge >= 0.3 is 0 Å². The van der Waals surface area contributed by atoms with Crippen LogP contribution in [0.15, 0.2) is 11.4 Å². The first-order chi connectivity index (χ1) is 7.60. The highest BCUT2D eigenvalue weighted by atomic mass is 127. The zero-order valence-electron chi connectivity index (χ0n) is 9.70. The molecule has 0 aliphatic carbocycles. The molecule has 1 unspecified atom stereocenters. The maximum absolute atomic E-state index is 12.2. The van der Waals surface area contributed by atoms with Crippen molar-refractivity contribution in [2.75, 3.05) is 19.1 Å². The van der Waals surface area contributed by atoms with Gasteiger partial charge in [-0.3, -0.25) is 4.79 Å². The Hall–Kier alpha value is 0.250. The van der Waals surface area contributed by atoms with E-state index in [1.807, 2.05) is 23.4 Å². The molecule has 5 heteroatoms. The quantitative estimate of drug-likeness (QED) is 0.740. The van der Waals surface area contributed by atoms with Gasteiger partial charge in [0.15, 0.2) is 0 Å². The van der Waals surface area contributed by atoms with Gasteiger partial charge in [-0.1, -0.05) is 6.92 Å². The summed E-state index contributed by atoms with van der Waals surface area (Å²) in [6.45, 7) is 2.13. The second-order valence-corrected chi connectivity index (χ2v) is 7.29. The van der Waals surface area contributed by atoms with E-state index in [0.29, 0.717) is 6.04 Å². The third-order valence-corrected chi connectivity index (χ3v) is 5.02. The van der Waals surface area contributed by atoms with Crippen LogP contribution in [0, 0.1) is 2.88 Å². The first kappa shape index (κ1) is 14.3. The normalized spacial score (nSPS) is 12.5. The Bertz CT molecular complexity index is 354. The van der Waals surface area contributed by atoms with Crippen LogP contribution >= 0.6 is 45.7 Å². The summed E-state index contributed by atoms with van der Waals surface area (Å²) >= 11 is 5.65. The maximum atomic E-state index is 12.2. The van der Waals surface area contributed by atoms with Crippen LogP contribution in [0.2, 0.25) is 0 Å². The van der Waals surface area contributed by atoms with Crippen LogP contribution in [0.3, 0.4) is 0 Å². The Balaban J connectivity index is 2.72. The van der Waals surface area contributed by atoms with Gasteiger partial charge in [0.1, 0.15) is 0 Å². The number of amides is 1. The fourth-order valence-electron chi connectivity index (χ4n) is 1.49. The molecule has 0 aliphatic rings. The summed E-state index contributed by atoms with van der Waals surface area (Å²) in [4.78, 5) is 14.0. The average Bonchev–Trinajstić information content (AvgIpc) is 2.70. The second kappa shape index (κ2) is 6.86. The Kier molecular flexibility index (Phi) is 6.13. The first-order valence-corrected chi connectivity index (χ1v) is 8.45. The van der Waals surface area contributed by atoms with Crippen LogP contribution in [0.1, 0.15) is 23.7 Å². The molecule has 0 bridgehead atoms. The fraction of sp³-hybridized carbons (Fsp3) is 0.545. The smallest absolute Gasteiger partial charge is 0.254 e. The second-order valence-electron chi connectivity index (χ2n) is 3.57. The van der Waals surface area contributed by atoms with Gasteiger partial charge in [0.05, 0.1) is 8.45 Å². The molecule has 2 nitrogen and oxygen atoms in total. The van der Waals surface area contributed by atoms with E-state index < -0.39 is 0 Å². The number of carbonyl (C=O) groups excluding carboxylic acids is 1. The number of hydrogen-bond donors (Lipinski definition) is 0. The maximum Gasteiger partial charge on any atom is 0.254 e. The Labute approximate surface area is 119 Å². The van der Waals surface area contributed by atoms with Gasteiger partial charge < -0.3 is 4.90 Å². The van der Waals surface area contributed by atoms with Crippen LogP contribution in [0.4, 0.5) is 0 Å². The Morgan fingerprint density at radius 1 is 1.69 bits per heavy atom. The SMILES string of the molecule is CCC(CSC)N(C)C(=O)c1csc(I)c1. The van der Waals surface area contributed by atoms with E-state index in [1.165, 1.54) is 0 Å². The van der Waals surface area contributed by atoms with Crippen LogP contribution in [-0.2, 0) is 0 Å². The third kappa shape index (κ3) is 3.63. The predicted molar refractivity (Wildman–Crippen MR) is 81.6 cm³/mol. The standard InChI is InChI=1S/C11H16INOS2/c1-4-9(7-15-3)13(2)11(14)8-5-10(12)16-6-8/h5-6,9H,4,7H2,1-3H3. The molecule has 1 atom stereocenters. The van der Waals surface area contributed by atoms with Crippen molar-refractivity contribution in [3.8, 4) is 0 Å². The van der Waals surface area contributed by atoms with Crippen molar-refractivity contribution in [3.05, 3.63) is 19.9 Å². The third-order valence-electron chi connectivity index (χ3n) is 2.51. The van der Waals surface area contributed by atoms with E-state index >= 15 is 0 Å². The number of hydrogen-bond acceptors (Lipinski definition) is 3. The van der Waals surface area contributed by atoms with E-state index in [4.69, 9.17) is 0 Å². The molecule has 90 valence electrons. The molecule has 0 spiro atoms. The monoisotopic (exact) mass is 369 g/mol. The number of thiophene rings is 1. The largest absolute Gasteiger partial charge is 0.338 e. The Morgan fingerprint density at radius 2 is 2.38 bits per heavy atom. The predicted octanol–water partition coefficient (Wildman–Crippen LogP) is 3.57. The van der Waals surface area contributed by atoms with Gasteiger partial charge in [-0.05, 0) is 41.3 Å². The van der Waals surface area contributed by atoms with Gasteiger partial charge in [0.25, 0.3) is 5.91 Å². The molecule has 0 aromatic carbocycles. The van der Waals surface area contributed by atoms with Crippen molar-refractivity contribution in [2.45, 2.75) is 19.4 Å². The van der Waals surface area contributed by atoms with E-state index in [1.54, 1.807) is 23.1 Å². The first-order valence-electron chi connectivity index (χ1n) is 5.10. The lowest BCUT2D eigenvalue weighted by molar-refractivity contribution is 0.0744. The van der Waals surface area contributed by atoms with E-state index in [0.717, 1.165) is 20.6 Å². The van der Waals surface area contributed by atoms with Gasteiger partial charge in [0.2, 0.25) is 0 Å². The topological polar surface area (TPSA) is 20.3 Å². The highest BCUT2D eigenvalue weighted by Crippen LogP contribution is 2.19. The molecule has 1 heterocycles. The van der Waals surface area contributed by atoms with Crippen molar-refractivity contribution in [3.63, 3.8) is 0 Å². The zero-order valence-corrected chi connectivity index (χ0v) is 13.5. The lowest BCUT2D eigenvalue weighted by atomic mass is 10.2. The number of rotatable bonds is 5. The lowest BCUT2D eigenvalue weighted by Crippen LogP contribution is -2.38. The molecular formula is C11H16INOS2. The van der Waals surface area contributed by atoms with Crippen molar-refractivity contribution < 1.29 is 4.79 Å². The van der Waals surface area contributed by atoms with Gasteiger partial charge in [-0.15, -0.1) is 11.3 Å². The van der Waals surface area contributed by atoms with Crippen LogP contribution in [0.25, 0.3) is 0 Å². The zero-order chi connectivity index (χ0) is 12.1. The summed E-state index contributed by atoms with van der Waals surface area (Å²) < 4.78 is 1.16. The number of carbonyl (C=O) groups is 1. The molecule has 1 aromatic rings. The minimum Gasteiger partial charge on any atom is -0.338 e. The molecule has 1 amide bonds. The number of nitrogens with zero attached hydrogens (tertiary/aromatic N) is 1. The van der Waals surface area contributed by atoms with E-state index in [-0.39, 0.29) is 5.91 Å². The molecule has 0 aliphatic heterocycles. The average molecular weight is 369 g/mol. The summed E-state index contributed by atoms with van der Waals surface area (Å²) in [5.41, 5.74) is 0.816. The Morgan fingerprint density at radius 3 is 2.81 bits per heavy atom. The minimum atomic E-state index is 0.139. The van der Waals surface area contributed by atoms with Gasteiger partial charge in [-0.25, -0.2) is 0 Å². The lowest BCUT2D eigenvalue weighted by Gasteiger charge is -2.26. The highest BCUT2D eigenvalue weighted by Gasteiger charge is 2.19. The molecule has 0 N–H and O–H groups in total. The van der Waals surface area contributed by atoms with Crippen molar-refractivity contribution in [1.82, 2.24) is 4.90 Å². The van der Waals surface area contributed by atoms with Crippen molar-refractivity contribution in [1.29, 1.82) is 0 Å². The minimum absolute atomic E-state index is 0.139. The molecule has 0 radical (unpaired) electrons. The summed E-state index contributed by atoms with van der Waals surface area (Å²) in [6.07, 6.45) is 3.08. The molecule has 1 aromatic heterocycles. The summed E-state index contributed by atoms with van der Waals surface area (Å²) in [7, 11) is 1.90. The van der Waals surface area contributed by atoms with Crippen LogP contribution in [0.5, 0.6) is 0 Å². The van der Waals surface area contributed by atoms with Gasteiger partial charge in [-0.2, -0.15) is 11.8 Å². The summed E-state index contributed by atoms with van der Waals surface area (Å²) in [6, 6.07) is 2.29. The van der Waals surface area contributed by atoms with E-state index in [2.05, 4.69) is 35.8 Å². The molecule has 0 fully saturated rings. The number of thioether (sulfide) groups is 1. The number of halogens is 1. The molecule has 16 heavy (non-hydrogen) atoms. The molecule has 0 saturated heterocycles. The van der Waals surface area contributed by atoms with Crippen LogP contribution < -0.4 is 0 Å².